The van der Waals surface area contributed by atoms with Crippen molar-refractivity contribution >= 4 is 11.8 Å². The minimum atomic E-state index is -0.200. The summed E-state index contributed by atoms with van der Waals surface area (Å²) in [6.07, 6.45) is 5.11. The van der Waals surface area contributed by atoms with Crippen LogP contribution in [0.1, 0.15) is 42.5 Å². The Hall–Kier alpha value is -2.24. The zero-order valence-corrected chi connectivity index (χ0v) is 14.2. The van der Waals surface area contributed by atoms with E-state index < -0.39 is 0 Å². The van der Waals surface area contributed by atoms with Crippen molar-refractivity contribution in [2.45, 2.75) is 44.2 Å². The van der Waals surface area contributed by atoms with Crippen LogP contribution < -0.4 is 14.8 Å². The lowest BCUT2D eigenvalue weighted by atomic mass is 10.1. The van der Waals surface area contributed by atoms with E-state index in [1.165, 1.54) is 12.8 Å². The zero-order chi connectivity index (χ0) is 17.1. The summed E-state index contributed by atoms with van der Waals surface area (Å²) in [7, 11) is 3.32. The Morgan fingerprint density at radius 1 is 1.25 bits per heavy atom. The minimum absolute atomic E-state index is 0.0539. The highest BCUT2D eigenvalue weighted by Gasteiger charge is 2.28. The van der Waals surface area contributed by atoms with Gasteiger partial charge in [-0.1, -0.05) is 0 Å². The molecule has 6 nitrogen and oxygen atoms in total. The number of amides is 2. The molecule has 1 saturated carbocycles. The summed E-state index contributed by atoms with van der Waals surface area (Å²) in [5, 5.41) is 2.90. The van der Waals surface area contributed by atoms with Crippen molar-refractivity contribution in [2.75, 3.05) is 20.7 Å². The van der Waals surface area contributed by atoms with Crippen LogP contribution in [-0.2, 0) is 4.79 Å². The molecule has 0 spiro atoms. The van der Waals surface area contributed by atoms with Crippen molar-refractivity contribution in [1.82, 2.24) is 10.2 Å². The Morgan fingerprint density at radius 2 is 2.00 bits per heavy atom. The summed E-state index contributed by atoms with van der Waals surface area (Å²) in [6, 6.07) is 5.08. The minimum Gasteiger partial charge on any atom is -0.493 e. The number of methoxy groups -OCH3 is 1. The predicted molar refractivity (Wildman–Crippen MR) is 89.4 cm³/mol. The van der Waals surface area contributed by atoms with Gasteiger partial charge < -0.3 is 19.7 Å². The van der Waals surface area contributed by atoms with Gasteiger partial charge in [0.25, 0.3) is 5.91 Å². The van der Waals surface area contributed by atoms with Crippen molar-refractivity contribution in [1.29, 1.82) is 0 Å². The molecule has 0 radical (unpaired) electrons. The van der Waals surface area contributed by atoms with Gasteiger partial charge in [-0.3, -0.25) is 9.59 Å². The first kappa shape index (κ1) is 16.6. The number of likely N-dealkylation sites (N-methyl/N-ethyl adjacent to an activating group) is 1. The van der Waals surface area contributed by atoms with E-state index in [9.17, 15) is 9.59 Å². The van der Waals surface area contributed by atoms with Gasteiger partial charge in [0.05, 0.1) is 19.3 Å². The van der Waals surface area contributed by atoms with Crippen LogP contribution in [0.5, 0.6) is 11.5 Å². The number of nitrogens with one attached hydrogen (secondary N) is 1. The van der Waals surface area contributed by atoms with Crippen LogP contribution in [0.3, 0.4) is 0 Å². The molecular formula is C18H24N2O4. The molecule has 2 amide bonds. The molecule has 1 saturated heterocycles. The molecule has 24 heavy (non-hydrogen) atoms. The van der Waals surface area contributed by atoms with Crippen LogP contribution in [0, 0.1) is 0 Å². The predicted octanol–water partition coefficient (Wildman–Crippen LogP) is 1.98. The van der Waals surface area contributed by atoms with Crippen molar-refractivity contribution in [3.63, 3.8) is 0 Å². The van der Waals surface area contributed by atoms with Gasteiger partial charge >= 0.3 is 0 Å². The summed E-state index contributed by atoms with van der Waals surface area (Å²) < 4.78 is 11.4. The molecule has 6 heteroatoms. The highest BCUT2D eigenvalue weighted by molar-refractivity contribution is 5.95. The molecule has 1 atom stereocenters. The molecule has 130 valence electrons. The average Bonchev–Trinajstić information content (AvgIpc) is 3.18. The second-order valence-corrected chi connectivity index (χ2v) is 6.54. The number of rotatable bonds is 5. The SMILES string of the molecule is COc1cc(C(=O)N[C@H]2CC(=O)N(C)C2)ccc1OC1CCCC1. The second-order valence-electron chi connectivity index (χ2n) is 6.54. The first-order valence-electron chi connectivity index (χ1n) is 8.46. The Kier molecular flexibility index (Phi) is 4.92. The average molecular weight is 332 g/mol. The number of benzene rings is 1. The quantitative estimate of drug-likeness (QED) is 0.895. The van der Waals surface area contributed by atoms with E-state index in [2.05, 4.69) is 5.32 Å². The largest absolute Gasteiger partial charge is 0.493 e. The van der Waals surface area contributed by atoms with Crippen LogP contribution in [0.15, 0.2) is 18.2 Å². The second kappa shape index (κ2) is 7.11. The fraction of sp³-hybridized carbons (Fsp3) is 0.556. The highest BCUT2D eigenvalue weighted by atomic mass is 16.5. The van der Waals surface area contributed by atoms with Gasteiger partial charge in [0.1, 0.15) is 0 Å². The summed E-state index contributed by atoms with van der Waals surface area (Å²) in [5.41, 5.74) is 0.507. The van der Waals surface area contributed by atoms with Crippen LogP contribution in [-0.4, -0.2) is 49.6 Å². The number of carbonyl (C=O) groups is 2. The molecule has 0 bridgehead atoms. The molecule has 1 aromatic rings. The number of ether oxygens (including phenoxy) is 2. The lowest BCUT2D eigenvalue weighted by molar-refractivity contribution is -0.126. The standard InChI is InChI=1S/C18H24N2O4/c1-20-11-13(10-17(20)21)19-18(22)12-7-8-15(16(9-12)23-2)24-14-5-3-4-6-14/h7-9,13-14H,3-6,10-11H2,1-2H3,(H,19,22)/t13-/m0/s1. The summed E-state index contributed by atoms with van der Waals surface area (Å²) in [5.74, 6) is 1.10. The third-order valence-corrected chi connectivity index (χ3v) is 4.70. The number of nitrogens with zero attached hydrogens (tertiary/aromatic N) is 1. The Bertz CT molecular complexity index is 625. The van der Waals surface area contributed by atoms with Gasteiger partial charge in [0.15, 0.2) is 11.5 Å². The Labute approximate surface area is 142 Å². The van der Waals surface area contributed by atoms with E-state index in [0.717, 1.165) is 12.8 Å². The van der Waals surface area contributed by atoms with Crippen molar-refractivity contribution in [3.05, 3.63) is 23.8 Å². The van der Waals surface area contributed by atoms with E-state index in [0.29, 0.717) is 30.0 Å². The molecule has 1 aromatic carbocycles. The zero-order valence-electron chi connectivity index (χ0n) is 14.2. The molecule has 2 fully saturated rings. The molecule has 1 aliphatic heterocycles. The monoisotopic (exact) mass is 332 g/mol. The van der Waals surface area contributed by atoms with E-state index in [1.54, 1.807) is 37.3 Å². The van der Waals surface area contributed by atoms with Crippen LogP contribution >= 0.6 is 0 Å². The normalized spacial score (nSPS) is 21.2. The van der Waals surface area contributed by atoms with Crippen LogP contribution in [0.25, 0.3) is 0 Å². The Morgan fingerprint density at radius 3 is 2.62 bits per heavy atom. The topological polar surface area (TPSA) is 67.9 Å². The fourth-order valence-corrected chi connectivity index (χ4v) is 3.32. The molecular weight excluding hydrogens is 308 g/mol. The lowest BCUT2D eigenvalue weighted by Gasteiger charge is -2.17. The van der Waals surface area contributed by atoms with Gasteiger partial charge in [-0.15, -0.1) is 0 Å². The third-order valence-electron chi connectivity index (χ3n) is 4.70. The Balaban J connectivity index is 1.67. The number of carbonyl (C=O) groups excluding carboxylic acids is 2. The van der Waals surface area contributed by atoms with Gasteiger partial charge in [0.2, 0.25) is 5.91 Å². The molecule has 1 N–H and O–H groups in total. The van der Waals surface area contributed by atoms with Gasteiger partial charge in [-0.05, 0) is 43.9 Å². The van der Waals surface area contributed by atoms with Gasteiger partial charge in [0, 0.05) is 25.6 Å². The summed E-state index contributed by atoms with van der Waals surface area (Å²) in [4.78, 5) is 25.6. The molecule has 1 heterocycles. The van der Waals surface area contributed by atoms with Gasteiger partial charge in [-0.25, -0.2) is 0 Å². The smallest absolute Gasteiger partial charge is 0.251 e. The first-order chi connectivity index (χ1) is 11.6. The number of hydrogen-bond acceptors (Lipinski definition) is 4. The van der Waals surface area contributed by atoms with E-state index >= 15 is 0 Å². The summed E-state index contributed by atoms with van der Waals surface area (Å²) in [6.45, 7) is 0.546. The van der Waals surface area contributed by atoms with E-state index in [1.807, 2.05) is 0 Å². The van der Waals surface area contributed by atoms with E-state index in [4.69, 9.17) is 9.47 Å². The lowest BCUT2D eigenvalue weighted by Crippen LogP contribution is -2.36. The molecule has 1 aliphatic carbocycles. The molecule has 0 aromatic heterocycles. The van der Waals surface area contributed by atoms with Crippen molar-refractivity contribution in [3.8, 4) is 11.5 Å². The van der Waals surface area contributed by atoms with E-state index in [-0.39, 0.29) is 24.0 Å². The molecule has 3 rings (SSSR count). The maximum atomic E-state index is 12.4. The van der Waals surface area contributed by atoms with Crippen molar-refractivity contribution < 1.29 is 19.1 Å². The third kappa shape index (κ3) is 3.63. The number of likely N-dealkylation sites (tertiary alicyclic amines) is 1. The highest BCUT2D eigenvalue weighted by Crippen LogP contribution is 2.32. The molecule has 0 unspecified atom stereocenters. The molecule has 2 aliphatic rings. The maximum absolute atomic E-state index is 12.4. The number of hydrogen-bond donors (Lipinski definition) is 1. The summed E-state index contributed by atoms with van der Waals surface area (Å²) >= 11 is 0. The maximum Gasteiger partial charge on any atom is 0.251 e. The van der Waals surface area contributed by atoms with Gasteiger partial charge in [-0.2, -0.15) is 0 Å². The fourth-order valence-electron chi connectivity index (χ4n) is 3.32. The van der Waals surface area contributed by atoms with Crippen molar-refractivity contribution in [2.24, 2.45) is 0 Å². The van der Waals surface area contributed by atoms with Crippen LogP contribution in [0.2, 0.25) is 0 Å². The first-order valence-corrected chi connectivity index (χ1v) is 8.46. The van der Waals surface area contributed by atoms with Crippen LogP contribution in [0.4, 0.5) is 0 Å².